The number of carbonyl (C=O) groups excluding carboxylic acids is 1. The molecule has 0 bridgehead atoms. The molecule has 0 saturated heterocycles. The van der Waals surface area contributed by atoms with Crippen molar-refractivity contribution in [2.24, 2.45) is 0 Å². The lowest BCUT2D eigenvalue weighted by atomic mass is 9.88. The number of hydrogen-bond acceptors (Lipinski definition) is 4. The quantitative estimate of drug-likeness (QED) is 0.688. The summed E-state index contributed by atoms with van der Waals surface area (Å²) in [6.07, 6.45) is 0.840. The lowest BCUT2D eigenvalue weighted by molar-refractivity contribution is -0.121. The van der Waals surface area contributed by atoms with Gasteiger partial charge in [-0.1, -0.05) is 48.5 Å². The largest absolute Gasteiger partial charge is 0.356 e. The molecule has 0 spiro atoms. The van der Waals surface area contributed by atoms with Gasteiger partial charge >= 0.3 is 0 Å². The van der Waals surface area contributed by atoms with Crippen LogP contribution in [0.4, 0.5) is 4.39 Å². The molecule has 1 N–H and O–H groups in total. The second-order valence-electron chi connectivity index (χ2n) is 6.00. The third-order valence-electron chi connectivity index (χ3n) is 4.10. The van der Waals surface area contributed by atoms with Gasteiger partial charge in [0.05, 0.1) is 0 Å². The highest BCUT2D eigenvalue weighted by molar-refractivity contribution is 7.11. The number of aromatic nitrogens is 2. The predicted octanol–water partition coefficient (Wildman–Crippen LogP) is 3.87. The van der Waals surface area contributed by atoms with Crippen LogP contribution in [-0.2, 0) is 11.2 Å². The lowest BCUT2D eigenvalue weighted by Crippen LogP contribution is -2.27. The van der Waals surface area contributed by atoms with Gasteiger partial charge in [-0.25, -0.2) is 4.39 Å². The molecule has 26 heavy (non-hydrogen) atoms. The summed E-state index contributed by atoms with van der Waals surface area (Å²) in [5.74, 6) is -0.719. The molecule has 134 valence electrons. The summed E-state index contributed by atoms with van der Waals surface area (Å²) in [5, 5.41) is 12.7. The summed E-state index contributed by atoms with van der Waals surface area (Å²) in [6, 6.07) is 16.2. The first kappa shape index (κ1) is 18.2. The van der Waals surface area contributed by atoms with Crippen LogP contribution in [0.2, 0.25) is 0 Å². The number of nitrogens with one attached hydrogen (secondary N) is 1. The van der Waals surface area contributed by atoms with Crippen molar-refractivity contribution in [3.05, 3.63) is 81.6 Å². The molecule has 0 radical (unpaired) electrons. The Morgan fingerprint density at radius 3 is 2.54 bits per heavy atom. The van der Waals surface area contributed by atoms with Crippen molar-refractivity contribution in [1.82, 2.24) is 15.5 Å². The maximum Gasteiger partial charge on any atom is 0.220 e. The molecule has 0 aliphatic rings. The Morgan fingerprint density at radius 2 is 1.85 bits per heavy atom. The van der Waals surface area contributed by atoms with Crippen LogP contribution in [0.25, 0.3) is 0 Å². The van der Waals surface area contributed by atoms with Crippen LogP contribution in [-0.4, -0.2) is 22.6 Å². The summed E-state index contributed by atoms with van der Waals surface area (Å²) in [6.45, 7) is 2.39. The van der Waals surface area contributed by atoms with E-state index in [0.717, 1.165) is 15.6 Å². The highest BCUT2D eigenvalue weighted by Crippen LogP contribution is 2.29. The van der Waals surface area contributed by atoms with E-state index in [2.05, 4.69) is 15.5 Å². The van der Waals surface area contributed by atoms with Crippen LogP contribution >= 0.6 is 11.3 Å². The van der Waals surface area contributed by atoms with Crippen LogP contribution in [0.3, 0.4) is 0 Å². The first-order chi connectivity index (χ1) is 12.6. The second-order valence-corrected chi connectivity index (χ2v) is 7.27. The molecular formula is C20H20FN3OS. The van der Waals surface area contributed by atoms with Crippen molar-refractivity contribution >= 4 is 17.2 Å². The monoisotopic (exact) mass is 369 g/mol. The van der Waals surface area contributed by atoms with E-state index in [4.69, 9.17) is 0 Å². The minimum Gasteiger partial charge on any atom is -0.356 e. The van der Waals surface area contributed by atoms with E-state index in [1.807, 2.05) is 37.3 Å². The van der Waals surface area contributed by atoms with Crippen LogP contribution in [0, 0.1) is 12.7 Å². The Morgan fingerprint density at radius 1 is 1.12 bits per heavy atom. The molecular weight excluding hydrogens is 349 g/mol. The molecule has 2 aromatic carbocycles. The maximum atomic E-state index is 14.3. The summed E-state index contributed by atoms with van der Waals surface area (Å²) < 4.78 is 14.3. The average Bonchev–Trinajstić information content (AvgIpc) is 3.06. The number of carbonyl (C=O) groups is 1. The molecule has 4 nitrogen and oxygen atoms in total. The predicted molar refractivity (Wildman–Crippen MR) is 101 cm³/mol. The lowest BCUT2D eigenvalue weighted by Gasteiger charge is -2.18. The fourth-order valence-corrected chi connectivity index (χ4v) is 3.56. The molecule has 1 atom stereocenters. The van der Waals surface area contributed by atoms with E-state index in [1.165, 1.54) is 17.4 Å². The van der Waals surface area contributed by atoms with Gasteiger partial charge in [0.1, 0.15) is 15.8 Å². The normalized spacial score (nSPS) is 11.9. The van der Waals surface area contributed by atoms with Crippen molar-refractivity contribution in [2.45, 2.75) is 25.7 Å². The van der Waals surface area contributed by atoms with Gasteiger partial charge in [-0.15, -0.1) is 21.5 Å². The molecule has 0 unspecified atom stereocenters. The zero-order chi connectivity index (χ0) is 18.4. The SMILES string of the molecule is Cc1nnc(CCNC(=O)C[C@H](c2ccccc2)c2ccccc2F)s1. The third kappa shape index (κ3) is 4.73. The van der Waals surface area contributed by atoms with Gasteiger partial charge in [0, 0.05) is 25.3 Å². The molecule has 6 heteroatoms. The molecule has 3 rings (SSSR count). The van der Waals surface area contributed by atoms with Gasteiger partial charge in [0.2, 0.25) is 5.91 Å². The van der Waals surface area contributed by atoms with Crippen molar-refractivity contribution in [1.29, 1.82) is 0 Å². The zero-order valence-electron chi connectivity index (χ0n) is 14.5. The van der Waals surface area contributed by atoms with E-state index in [-0.39, 0.29) is 24.1 Å². The molecule has 0 aliphatic heterocycles. The van der Waals surface area contributed by atoms with Crippen LogP contribution in [0.1, 0.15) is 33.5 Å². The fourth-order valence-electron chi connectivity index (χ4n) is 2.86. The molecule has 0 aliphatic carbocycles. The Balaban J connectivity index is 1.67. The number of aryl methyl sites for hydroxylation is 1. The Bertz CT molecular complexity index is 866. The Labute approximate surface area is 156 Å². The maximum absolute atomic E-state index is 14.3. The average molecular weight is 369 g/mol. The molecule has 0 saturated carbocycles. The van der Waals surface area contributed by atoms with E-state index in [9.17, 15) is 9.18 Å². The number of benzene rings is 2. The summed E-state index contributed by atoms with van der Waals surface area (Å²) >= 11 is 1.53. The number of hydrogen-bond donors (Lipinski definition) is 1. The topological polar surface area (TPSA) is 54.9 Å². The van der Waals surface area contributed by atoms with Gasteiger partial charge in [0.15, 0.2) is 0 Å². The molecule has 1 aromatic heterocycles. The Kier molecular flexibility index (Phi) is 6.07. The van der Waals surface area contributed by atoms with Gasteiger partial charge < -0.3 is 5.32 Å². The number of amides is 1. The number of rotatable bonds is 7. The van der Waals surface area contributed by atoms with Gasteiger partial charge in [0.25, 0.3) is 0 Å². The molecule has 1 amide bonds. The second kappa shape index (κ2) is 8.67. The van der Waals surface area contributed by atoms with Gasteiger partial charge in [-0.05, 0) is 24.1 Å². The van der Waals surface area contributed by atoms with E-state index < -0.39 is 0 Å². The highest BCUT2D eigenvalue weighted by Gasteiger charge is 2.21. The van der Waals surface area contributed by atoms with Crippen molar-refractivity contribution in [3.63, 3.8) is 0 Å². The number of nitrogens with zero attached hydrogens (tertiary/aromatic N) is 2. The smallest absolute Gasteiger partial charge is 0.220 e. The van der Waals surface area contributed by atoms with Crippen molar-refractivity contribution in [3.8, 4) is 0 Å². The fraction of sp³-hybridized carbons (Fsp3) is 0.250. The minimum atomic E-state index is -0.318. The van der Waals surface area contributed by atoms with Crippen LogP contribution < -0.4 is 5.32 Å². The van der Waals surface area contributed by atoms with Crippen molar-refractivity contribution in [2.75, 3.05) is 6.54 Å². The summed E-state index contributed by atoms with van der Waals surface area (Å²) in [4.78, 5) is 12.4. The number of halogens is 1. The van der Waals surface area contributed by atoms with E-state index >= 15 is 0 Å². The van der Waals surface area contributed by atoms with Crippen LogP contribution in [0.5, 0.6) is 0 Å². The highest BCUT2D eigenvalue weighted by atomic mass is 32.1. The zero-order valence-corrected chi connectivity index (χ0v) is 15.3. The van der Waals surface area contributed by atoms with Gasteiger partial charge in [-0.3, -0.25) is 4.79 Å². The Hall–Kier alpha value is -2.60. The standard InChI is InChI=1S/C20H20FN3OS/c1-14-23-24-20(26-14)11-12-22-19(25)13-17(15-7-3-2-4-8-15)16-9-5-6-10-18(16)21/h2-10,17H,11-13H2,1H3,(H,22,25)/t17-/m1/s1. The van der Waals surface area contributed by atoms with E-state index in [0.29, 0.717) is 18.5 Å². The third-order valence-corrected chi connectivity index (χ3v) is 5.00. The summed E-state index contributed by atoms with van der Waals surface area (Å²) in [5.41, 5.74) is 1.46. The molecule has 3 aromatic rings. The van der Waals surface area contributed by atoms with Crippen molar-refractivity contribution < 1.29 is 9.18 Å². The van der Waals surface area contributed by atoms with E-state index in [1.54, 1.807) is 18.2 Å². The molecule has 1 heterocycles. The first-order valence-electron chi connectivity index (χ1n) is 8.48. The first-order valence-corrected chi connectivity index (χ1v) is 9.30. The van der Waals surface area contributed by atoms with Gasteiger partial charge in [-0.2, -0.15) is 0 Å². The molecule has 0 fully saturated rings. The minimum absolute atomic E-state index is 0.108. The van der Waals surface area contributed by atoms with Crippen LogP contribution in [0.15, 0.2) is 54.6 Å². The summed E-state index contributed by atoms with van der Waals surface area (Å²) in [7, 11) is 0.